The molecule has 210 valence electrons. The number of nitrogens with one attached hydrogen (secondary N) is 1. The van der Waals surface area contributed by atoms with E-state index in [0.29, 0.717) is 5.56 Å². The molecule has 2 aromatic rings. The van der Waals surface area contributed by atoms with Gasteiger partial charge in [-0.15, -0.1) is 0 Å². The van der Waals surface area contributed by atoms with Crippen LogP contribution in [0, 0.1) is 11.8 Å². The molecule has 0 saturated heterocycles. The fourth-order valence-corrected chi connectivity index (χ4v) is 6.55. The number of rotatable bonds is 6. The topological polar surface area (TPSA) is 173 Å². The summed E-state index contributed by atoms with van der Waals surface area (Å²) in [4.78, 5) is 40.8. The molecule has 1 fully saturated rings. The van der Waals surface area contributed by atoms with Crippen molar-refractivity contribution in [3.8, 4) is 16.9 Å². The Hall–Kier alpha value is -4.15. The van der Waals surface area contributed by atoms with Crippen LogP contribution in [0.1, 0.15) is 30.9 Å². The van der Waals surface area contributed by atoms with E-state index in [4.69, 9.17) is 5.73 Å². The zero-order valence-corrected chi connectivity index (χ0v) is 22.6. The predicted octanol–water partition coefficient (Wildman–Crippen LogP) is 2.45. The summed E-state index contributed by atoms with van der Waals surface area (Å²) in [6.45, 7) is 2.91. The molecule has 0 aromatic heterocycles. The molecule has 10 heteroatoms. The van der Waals surface area contributed by atoms with Gasteiger partial charge in [0.2, 0.25) is 5.78 Å². The van der Waals surface area contributed by atoms with Crippen LogP contribution in [-0.2, 0) is 20.8 Å². The molecule has 1 amide bonds. The number of amides is 1. The van der Waals surface area contributed by atoms with E-state index in [1.807, 2.05) is 24.3 Å². The molecule has 10 nitrogen and oxygen atoms in total. The number of fused-ring (bicyclic) bond motifs is 3. The van der Waals surface area contributed by atoms with Gasteiger partial charge in [-0.25, -0.2) is 0 Å². The number of aliphatic hydroxyl groups excluding tert-OH is 2. The van der Waals surface area contributed by atoms with Crippen molar-refractivity contribution in [2.24, 2.45) is 17.6 Å². The van der Waals surface area contributed by atoms with Gasteiger partial charge in [0.15, 0.2) is 11.4 Å². The van der Waals surface area contributed by atoms with Crippen LogP contribution in [0.5, 0.6) is 5.75 Å². The number of Topliss-reactive ketones (excluding diaryl/α,β-unsaturated/α-hetero) is 2. The number of aromatic hydroxyl groups is 1. The third kappa shape index (κ3) is 3.89. The van der Waals surface area contributed by atoms with Gasteiger partial charge in [-0.05, 0) is 74.2 Å². The fraction of sp³-hybridized carbons (Fsp3) is 0.367. The van der Waals surface area contributed by atoms with E-state index in [-0.39, 0.29) is 29.7 Å². The lowest BCUT2D eigenvalue weighted by Crippen LogP contribution is -2.65. The molecule has 3 aliphatic carbocycles. The molecule has 4 atom stereocenters. The smallest absolute Gasteiger partial charge is 0.255 e. The molecule has 0 radical (unpaired) electrons. The van der Waals surface area contributed by atoms with Crippen LogP contribution in [0.4, 0.5) is 5.69 Å². The van der Waals surface area contributed by atoms with Crippen LogP contribution in [-0.4, -0.2) is 75.1 Å². The Balaban J connectivity index is 1.66. The zero-order valence-electron chi connectivity index (χ0n) is 22.6. The predicted molar refractivity (Wildman–Crippen MR) is 148 cm³/mol. The second-order valence-electron chi connectivity index (χ2n) is 11.0. The Morgan fingerprint density at radius 3 is 2.38 bits per heavy atom. The molecule has 0 unspecified atom stereocenters. The van der Waals surface area contributed by atoms with Crippen LogP contribution in [0.25, 0.3) is 16.9 Å². The highest BCUT2D eigenvalue weighted by molar-refractivity contribution is 6.24. The SMILES string of the molecule is CCCNc1ccc(-c2ccc(O)c3c2C[C@@H]2C[C@@H]4[C@@H](N(C)C)C(=O)C(C(N)=O)=C(O)[C@]4(O)C(=O)C2=C3O)cc1. The van der Waals surface area contributed by atoms with E-state index < -0.39 is 58.0 Å². The third-order valence-corrected chi connectivity index (χ3v) is 8.38. The van der Waals surface area contributed by atoms with Crippen LogP contribution in [0.15, 0.2) is 53.3 Å². The molecule has 0 bridgehead atoms. The third-order valence-electron chi connectivity index (χ3n) is 8.38. The monoisotopic (exact) mass is 547 g/mol. The van der Waals surface area contributed by atoms with E-state index >= 15 is 0 Å². The number of primary amides is 1. The summed E-state index contributed by atoms with van der Waals surface area (Å²) < 4.78 is 0. The fourth-order valence-electron chi connectivity index (χ4n) is 6.55. The van der Waals surface area contributed by atoms with E-state index in [1.54, 1.807) is 20.2 Å². The Morgan fingerprint density at radius 1 is 1.10 bits per heavy atom. The van der Waals surface area contributed by atoms with Gasteiger partial charge in [0, 0.05) is 23.7 Å². The lowest BCUT2D eigenvalue weighted by molar-refractivity contribution is -0.153. The molecule has 40 heavy (non-hydrogen) atoms. The molecule has 7 N–H and O–H groups in total. The number of aliphatic hydroxyl groups is 3. The number of carbonyl (C=O) groups is 3. The number of hydrogen-bond donors (Lipinski definition) is 6. The summed E-state index contributed by atoms with van der Waals surface area (Å²) in [6.07, 6.45) is 1.25. The molecule has 0 heterocycles. The Kier molecular flexibility index (Phi) is 6.71. The number of carbonyl (C=O) groups excluding carboxylic acids is 3. The van der Waals surface area contributed by atoms with Gasteiger partial charge >= 0.3 is 0 Å². The number of likely N-dealkylation sites (N-methyl/N-ethyl adjacent to an activating group) is 1. The Morgan fingerprint density at radius 2 is 1.77 bits per heavy atom. The number of nitrogens with two attached hydrogens (primary N) is 1. The summed E-state index contributed by atoms with van der Waals surface area (Å²) in [6, 6.07) is 9.82. The maximum atomic E-state index is 13.9. The van der Waals surface area contributed by atoms with Crippen molar-refractivity contribution in [1.82, 2.24) is 4.90 Å². The van der Waals surface area contributed by atoms with E-state index in [9.17, 15) is 34.8 Å². The van der Waals surface area contributed by atoms with Gasteiger partial charge in [-0.3, -0.25) is 19.3 Å². The summed E-state index contributed by atoms with van der Waals surface area (Å²) >= 11 is 0. The molecule has 1 saturated carbocycles. The van der Waals surface area contributed by atoms with Gasteiger partial charge in [-0.1, -0.05) is 25.1 Å². The summed E-state index contributed by atoms with van der Waals surface area (Å²) in [5.74, 6) is -6.65. The van der Waals surface area contributed by atoms with Crippen molar-refractivity contribution in [1.29, 1.82) is 0 Å². The first kappa shape index (κ1) is 27.4. The van der Waals surface area contributed by atoms with Crippen molar-refractivity contribution < 1.29 is 34.8 Å². The average Bonchev–Trinajstić information content (AvgIpc) is 2.89. The number of benzene rings is 2. The van der Waals surface area contributed by atoms with Gasteiger partial charge in [-0.2, -0.15) is 0 Å². The Bertz CT molecular complexity index is 1490. The van der Waals surface area contributed by atoms with Gasteiger partial charge in [0.05, 0.1) is 11.6 Å². The Labute approximate surface area is 231 Å². The van der Waals surface area contributed by atoms with Crippen LogP contribution < -0.4 is 11.1 Å². The molecule has 2 aromatic carbocycles. The zero-order chi connectivity index (χ0) is 29.1. The summed E-state index contributed by atoms with van der Waals surface area (Å²) in [7, 11) is 3.14. The van der Waals surface area contributed by atoms with Crippen molar-refractivity contribution in [2.45, 2.75) is 37.8 Å². The second-order valence-corrected chi connectivity index (χ2v) is 11.0. The van der Waals surface area contributed by atoms with Crippen LogP contribution in [0.2, 0.25) is 0 Å². The minimum Gasteiger partial charge on any atom is -0.508 e. The molecule has 0 spiro atoms. The number of hydrogen-bond acceptors (Lipinski definition) is 9. The summed E-state index contributed by atoms with van der Waals surface area (Å²) in [5, 5.41) is 48.2. The highest BCUT2D eigenvalue weighted by Gasteiger charge is 2.64. The number of nitrogens with zero attached hydrogens (tertiary/aromatic N) is 1. The van der Waals surface area contributed by atoms with E-state index in [1.165, 1.54) is 11.0 Å². The molecule has 5 rings (SSSR count). The lowest BCUT2D eigenvalue weighted by atomic mass is 9.57. The molecular weight excluding hydrogens is 514 g/mol. The summed E-state index contributed by atoms with van der Waals surface area (Å²) in [5.41, 5.74) is 4.98. The van der Waals surface area contributed by atoms with Gasteiger partial charge in [0.1, 0.15) is 22.8 Å². The first-order valence-corrected chi connectivity index (χ1v) is 13.3. The first-order chi connectivity index (χ1) is 18.9. The highest BCUT2D eigenvalue weighted by Crippen LogP contribution is 2.53. The lowest BCUT2D eigenvalue weighted by Gasteiger charge is -2.50. The maximum absolute atomic E-state index is 13.9. The van der Waals surface area contributed by atoms with Crippen molar-refractivity contribution >= 4 is 28.9 Å². The van der Waals surface area contributed by atoms with Crippen molar-refractivity contribution in [3.63, 3.8) is 0 Å². The van der Waals surface area contributed by atoms with Crippen molar-refractivity contribution in [3.05, 3.63) is 64.4 Å². The normalized spacial score (nSPS) is 26.0. The minimum atomic E-state index is -2.65. The highest BCUT2D eigenvalue weighted by atomic mass is 16.3. The van der Waals surface area contributed by atoms with Gasteiger partial charge in [0.25, 0.3) is 5.91 Å². The van der Waals surface area contributed by atoms with Crippen molar-refractivity contribution in [2.75, 3.05) is 26.0 Å². The van der Waals surface area contributed by atoms with Gasteiger partial charge < -0.3 is 31.5 Å². The number of anilines is 1. The molecular formula is C30H33N3O7. The number of phenols is 1. The first-order valence-electron chi connectivity index (χ1n) is 13.3. The maximum Gasteiger partial charge on any atom is 0.255 e. The number of phenolic OH excluding ortho intramolecular Hbond substituents is 1. The minimum absolute atomic E-state index is 0.0424. The number of ketones is 2. The van der Waals surface area contributed by atoms with E-state index in [0.717, 1.165) is 29.8 Å². The molecule has 0 aliphatic heterocycles. The second kappa shape index (κ2) is 9.79. The average molecular weight is 548 g/mol. The van der Waals surface area contributed by atoms with Crippen LogP contribution >= 0.6 is 0 Å². The van der Waals surface area contributed by atoms with E-state index in [2.05, 4.69) is 12.2 Å². The quantitative estimate of drug-likeness (QED) is 0.297. The standard InChI is InChI=1S/C30H33N3O7/c1-4-11-32-16-7-5-14(6-8-16)17-9-10-20(34)22-18(17)12-15-13-19-24(33(2)3)26(36)23(29(31)39)28(38)30(19,40)27(37)21(15)25(22)35/h5-10,15,19,24,32,34-35,38,40H,4,11-13H2,1-3H3,(H2,31,39)/t15-,19-,24-,30-/m1/s1. The molecule has 3 aliphatic rings. The van der Waals surface area contributed by atoms with Crippen LogP contribution in [0.3, 0.4) is 0 Å². The largest absolute Gasteiger partial charge is 0.508 e.